The van der Waals surface area contributed by atoms with Crippen LogP contribution in [0.5, 0.6) is 0 Å². The molecule has 0 atom stereocenters. The van der Waals surface area contributed by atoms with Crippen molar-refractivity contribution in [2.75, 3.05) is 19.4 Å². The van der Waals surface area contributed by atoms with Crippen LogP contribution in [0.2, 0.25) is 0 Å². The molecule has 6 nitrogen and oxygen atoms in total. The predicted molar refractivity (Wildman–Crippen MR) is 91.5 cm³/mol. The van der Waals surface area contributed by atoms with Gasteiger partial charge in [-0.2, -0.15) is 0 Å². The maximum atomic E-state index is 12.3. The van der Waals surface area contributed by atoms with E-state index in [1.165, 1.54) is 11.3 Å². The SMILES string of the molecule is CN(C)Cc1nc(C(=O)Nc2cccc(-c3cnc[nH]3)c2)cs1. The van der Waals surface area contributed by atoms with Gasteiger partial charge in [0.2, 0.25) is 0 Å². The number of anilines is 1. The molecule has 3 aromatic rings. The van der Waals surface area contributed by atoms with E-state index in [0.717, 1.165) is 28.5 Å². The van der Waals surface area contributed by atoms with Crippen LogP contribution in [0.15, 0.2) is 42.2 Å². The Morgan fingerprint density at radius 2 is 2.26 bits per heavy atom. The third-order valence-electron chi connectivity index (χ3n) is 3.17. The van der Waals surface area contributed by atoms with E-state index >= 15 is 0 Å². The fourth-order valence-electron chi connectivity index (χ4n) is 2.13. The van der Waals surface area contributed by atoms with Crippen molar-refractivity contribution in [1.82, 2.24) is 19.9 Å². The minimum Gasteiger partial charge on any atom is -0.345 e. The molecule has 0 radical (unpaired) electrons. The molecule has 0 aliphatic rings. The zero-order valence-corrected chi connectivity index (χ0v) is 13.7. The molecule has 2 heterocycles. The van der Waals surface area contributed by atoms with Gasteiger partial charge in [-0.3, -0.25) is 4.79 Å². The summed E-state index contributed by atoms with van der Waals surface area (Å²) in [5.74, 6) is -0.201. The van der Waals surface area contributed by atoms with Crippen molar-refractivity contribution in [3.63, 3.8) is 0 Å². The summed E-state index contributed by atoms with van der Waals surface area (Å²) in [6.45, 7) is 0.729. The van der Waals surface area contributed by atoms with Gasteiger partial charge in [-0.25, -0.2) is 9.97 Å². The number of H-pyrrole nitrogens is 1. The van der Waals surface area contributed by atoms with Crippen LogP contribution in [0.3, 0.4) is 0 Å². The molecule has 118 valence electrons. The van der Waals surface area contributed by atoms with Crippen molar-refractivity contribution in [3.05, 3.63) is 52.9 Å². The Morgan fingerprint density at radius 1 is 1.39 bits per heavy atom. The summed E-state index contributed by atoms with van der Waals surface area (Å²) >= 11 is 1.49. The molecule has 2 N–H and O–H groups in total. The van der Waals surface area contributed by atoms with Crippen LogP contribution in [-0.2, 0) is 6.54 Å². The van der Waals surface area contributed by atoms with E-state index in [1.807, 2.05) is 43.3 Å². The predicted octanol–water partition coefficient (Wildman–Crippen LogP) is 2.85. The average molecular weight is 327 g/mol. The summed E-state index contributed by atoms with van der Waals surface area (Å²) < 4.78 is 0. The van der Waals surface area contributed by atoms with Crippen molar-refractivity contribution in [3.8, 4) is 11.3 Å². The van der Waals surface area contributed by atoms with Crippen LogP contribution >= 0.6 is 11.3 Å². The van der Waals surface area contributed by atoms with Crippen LogP contribution in [0, 0.1) is 0 Å². The number of imidazole rings is 1. The zero-order valence-electron chi connectivity index (χ0n) is 12.9. The number of amides is 1. The van der Waals surface area contributed by atoms with Crippen LogP contribution in [-0.4, -0.2) is 39.9 Å². The molecule has 0 unspecified atom stereocenters. The molecular weight excluding hydrogens is 310 g/mol. The average Bonchev–Trinajstić information content (AvgIpc) is 3.18. The van der Waals surface area contributed by atoms with Crippen LogP contribution in [0.1, 0.15) is 15.5 Å². The Hall–Kier alpha value is -2.51. The topological polar surface area (TPSA) is 73.9 Å². The smallest absolute Gasteiger partial charge is 0.275 e. The Labute approximate surface area is 138 Å². The Balaban J connectivity index is 1.73. The molecule has 0 bridgehead atoms. The van der Waals surface area contributed by atoms with Crippen molar-refractivity contribution in [1.29, 1.82) is 0 Å². The van der Waals surface area contributed by atoms with E-state index in [-0.39, 0.29) is 5.91 Å². The summed E-state index contributed by atoms with van der Waals surface area (Å²) in [4.78, 5) is 25.8. The normalized spacial score (nSPS) is 10.9. The second-order valence-electron chi connectivity index (χ2n) is 5.36. The maximum absolute atomic E-state index is 12.3. The van der Waals surface area contributed by atoms with Crippen molar-refractivity contribution >= 4 is 22.9 Å². The molecule has 1 aromatic carbocycles. The maximum Gasteiger partial charge on any atom is 0.275 e. The quantitative estimate of drug-likeness (QED) is 0.756. The molecular formula is C16H17N5OS. The summed E-state index contributed by atoms with van der Waals surface area (Å²) in [6.07, 6.45) is 3.37. The monoisotopic (exact) mass is 327 g/mol. The lowest BCUT2D eigenvalue weighted by atomic mass is 10.1. The molecule has 7 heteroatoms. The Bertz CT molecular complexity index is 794. The molecule has 1 amide bonds. The lowest BCUT2D eigenvalue weighted by Crippen LogP contribution is -2.14. The molecule has 2 aromatic heterocycles. The van der Waals surface area contributed by atoms with Gasteiger partial charge < -0.3 is 15.2 Å². The second-order valence-corrected chi connectivity index (χ2v) is 6.31. The summed E-state index contributed by atoms with van der Waals surface area (Å²) in [7, 11) is 3.95. The van der Waals surface area contributed by atoms with E-state index in [9.17, 15) is 4.79 Å². The largest absolute Gasteiger partial charge is 0.345 e. The number of rotatable bonds is 5. The minimum atomic E-state index is -0.201. The van der Waals surface area contributed by atoms with Gasteiger partial charge in [-0.15, -0.1) is 11.3 Å². The van der Waals surface area contributed by atoms with Crippen molar-refractivity contribution in [2.45, 2.75) is 6.54 Å². The fraction of sp³-hybridized carbons (Fsp3) is 0.188. The minimum absolute atomic E-state index is 0.201. The zero-order chi connectivity index (χ0) is 16.2. The Morgan fingerprint density at radius 3 is 3.00 bits per heavy atom. The number of aromatic amines is 1. The number of aromatic nitrogens is 3. The van der Waals surface area contributed by atoms with Crippen LogP contribution in [0.25, 0.3) is 11.3 Å². The summed E-state index contributed by atoms with van der Waals surface area (Å²) in [6, 6.07) is 7.61. The third kappa shape index (κ3) is 3.82. The first-order valence-corrected chi connectivity index (χ1v) is 7.99. The van der Waals surface area contributed by atoms with E-state index in [4.69, 9.17) is 0 Å². The number of carbonyl (C=O) groups is 1. The molecule has 0 fully saturated rings. The first-order valence-electron chi connectivity index (χ1n) is 7.11. The van der Waals surface area contributed by atoms with Crippen molar-refractivity contribution < 1.29 is 4.79 Å². The van der Waals surface area contributed by atoms with Gasteiger partial charge in [0.25, 0.3) is 5.91 Å². The molecule has 0 saturated heterocycles. The molecule has 0 aliphatic carbocycles. The van der Waals surface area contributed by atoms with Gasteiger partial charge in [0, 0.05) is 23.2 Å². The number of hydrogen-bond acceptors (Lipinski definition) is 5. The third-order valence-corrected chi connectivity index (χ3v) is 4.00. The van der Waals surface area contributed by atoms with Gasteiger partial charge in [0.05, 0.1) is 18.2 Å². The number of thiazole rings is 1. The lowest BCUT2D eigenvalue weighted by Gasteiger charge is -2.06. The first-order chi connectivity index (χ1) is 11.1. The first kappa shape index (κ1) is 15.4. The molecule has 0 saturated carbocycles. The highest BCUT2D eigenvalue weighted by atomic mass is 32.1. The van der Waals surface area contributed by atoms with E-state index in [1.54, 1.807) is 17.9 Å². The summed E-state index contributed by atoms with van der Waals surface area (Å²) in [5, 5.41) is 5.59. The van der Waals surface area contributed by atoms with E-state index in [0.29, 0.717) is 5.69 Å². The number of carbonyl (C=O) groups excluding carboxylic acids is 1. The molecule has 23 heavy (non-hydrogen) atoms. The number of nitrogens with zero attached hydrogens (tertiary/aromatic N) is 3. The number of nitrogens with one attached hydrogen (secondary N) is 2. The number of hydrogen-bond donors (Lipinski definition) is 2. The Kier molecular flexibility index (Phi) is 4.50. The van der Waals surface area contributed by atoms with Gasteiger partial charge in [-0.05, 0) is 26.2 Å². The summed E-state index contributed by atoms with van der Waals surface area (Å²) in [5.41, 5.74) is 3.04. The van der Waals surface area contributed by atoms with Crippen molar-refractivity contribution in [2.24, 2.45) is 0 Å². The van der Waals surface area contributed by atoms with Crippen LogP contribution in [0.4, 0.5) is 5.69 Å². The van der Waals surface area contributed by atoms with E-state index < -0.39 is 0 Å². The second kappa shape index (κ2) is 6.72. The number of benzene rings is 1. The van der Waals surface area contributed by atoms with Gasteiger partial charge in [-0.1, -0.05) is 12.1 Å². The van der Waals surface area contributed by atoms with Gasteiger partial charge in [0.15, 0.2) is 0 Å². The van der Waals surface area contributed by atoms with E-state index in [2.05, 4.69) is 20.3 Å². The highest BCUT2D eigenvalue weighted by molar-refractivity contribution is 7.09. The molecule has 0 spiro atoms. The van der Waals surface area contributed by atoms with Gasteiger partial charge in [0.1, 0.15) is 10.7 Å². The lowest BCUT2D eigenvalue weighted by molar-refractivity contribution is 0.102. The molecule has 0 aliphatic heterocycles. The highest BCUT2D eigenvalue weighted by Gasteiger charge is 2.12. The highest BCUT2D eigenvalue weighted by Crippen LogP contribution is 2.21. The standard InChI is InChI=1S/C16H17N5OS/c1-21(2)8-15-20-14(9-23-15)16(22)19-12-5-3-4-11(6-12)13-7-17-10-18-13/h3-7,9-10H,8H2,1-2H3,(H,17,18)(H,19,22). The van der Waals surface area contributed by atoms with Gasteiger partial charge >= 0.3 is 0 Å². The molecule has 3 rings (SSSR count). The fourth-order valence-corrected chi connectivity index (χ4v) is 3.02. The van der Waals surface area contributed by atoms with Crippen LogP contribution < -0.4 is 5.32 Å².